The van der Waals surface area contributed by atoms with E-state index < -0.39 is 6.67 Å². The molecule has 4 nitrogen and oxygen atoms in total. The number of hydrogen-bond donors (Lipinski definition) is 0. The second-order valence-corrected chi connectivity index (χ2v) is 8.15. The lowest BCUT2D eigenvalue weighted by molar-refractivity contribution is -0.145. The molecule has 0 N–H and O–H groups in total. The molecule has 140 valence electrons. The first-order valence-corrected chi connectivity index (χ1v) is 9.37. The molecule has 1 aliphatic carbocycles. The van der Waals surface area contributed by atoms with Gasteiger partial charge in [-0.25, -0.2) is 4.39 Å². The van der Waals surface area contributed by atoms with Gasteiger partial charge in [0, 0.05) is 43.9 Å². The molecule has 0 unspecified atom stereocenters. The van der Waals surface area contributed by atoms with Gasteiger partial charge in [-0.1, -0.05) is 12.1 Å². The molecule has 1 aromatic carbocycles. The number of aryl methyl sites for hydroxylation is 1. The van der Waals surface area contributed by atoms with Crippen molar-refractivity contribution in [2.75, 3.05) is 32.9 Å². The van der Waals surface area contributed by atoms with Crippen LogP contribution in [0.15, 0.2) is 24.3 Å². The molecule has 1 spiro atoms. The Balaban J connectivity index is 1.24. The highest BCUT2D eigenvalue weighted by Crippen LogP contribution is 2.45. The number of rotatable bonds is 5. The van der Waals surface area contributed by atoms with Gasteiger partial charge in [0.2, 0.25) is 11.8 Å². The molecule has 4 rings (SSSR count). The van der Waals surface area contributed by atoms with Crippen molar-refractivity contribution < 1.29 is 18.4 Å². The molecule has 0 aromatic heterocycles. The maximum atomic E-state index is 13.2. The number of hydrogen-bond acceptors (Lipinski definition) is 2. The molecule has 2 aliphatic heterocycles. The van der Waals surface area contributed by atoms with Crippen LogP contribution < -0.4 is 0 Å². The summed E-state index contributed by atoms with van der Waals surface area (Å²) in [6.07, 6.45) is 2.52. The first kappa shape index (κ1) is 17.4. The number of nitrogens with zero attached hydrogens (tertiary/aromatic N) is 2. The lowest BCUT2D eigenvalue weighted by Gasteiger charge is -2.48. The van der Waals surface area contributed by atoms with Crippen LogP contribution in [0.1, 0.15) is 24.8 Å². The summed E-state index contributed by atoms with van der Waals surface area (Å²) in [5.41, 5.74) is 0.865. The van der Waals surface area contributed by atoms with Gasteiger partial charge >= 0.3 is 0 Å². The number of likely N-dealkylation sites (tertiary alicyclic amines) is 2. The Morgan fingerprint density at radius 3 is 2.65 bits per heavy atom. The third-order valence-corrected chi connectivity index (χ3v) is 6.11. The van der Waals surface area contributed by atoms with Gasteiger partial charge in [0.05, 0.1) is 6.67 Å². The standard InChI is InChI=1S/C20H24F2N2O2/c21-10-15-9-17(15)19(26)24-12-20(13-24)6-7-23(11-20)18(25)5-4-14-2-1-3-16(22)8-14/h1-3,8,15,17H,4-7,9-13H2/t15-,17-/m0/s1. The minimum absolute atomic E-state index is 0.0320. The smallest absolute Gasteiger partial charge is 0.226 e. The molecular formula is C20H24F2N2O2. The van der Waals surface area contributed by atoms with E-state index in [-0.39, 0.29) is 34.9 Å². The van der Waals surface area contributed by atoms with Crippen molar-refractivity contribution in [2.45, 2.75) is 25.7 Å². The number of carbonyl (C=O) groups is 2. The van der Waals surface area contributed by atoms with Crippen molar-refractivity contribution in [3.8, 4) is 0 Å². The van der Waals surface area contributed by atoms with Crippen molar-refractivity contribution in [1.82, 2.24) is 9.80 Å². The minimum Gasteiger partial charge on any atom is -0.342 e. The summed E-state index contributed by atoms with van der Waals surface area (Å²) < 4.78 is 25.8. The third kappa shape index (κ3) is 3.33. The molecule has 2 saturated heterocycles. The number of carbonyl (C=O) groups excluding carboxylic acids is 2. The Bertz CT molecular complexity index is 718. The van der Waals surface area contributed by atoms with Crippen LogP contribution >= 0.6 is 0 Å². The van der Waals surface area contributed by atoms with E-state index in [0.29, 0.717) is 38.9 Å². The highest BCUT2D eigenvalue weighted by molar-refractivity contribution is 5.83. The van der Waals surface area contributed by atoms with Crippen LogP contribution in [0.25, 0.3) is 0 Å². The van der Waals surface area contributed by atoms with E-state index in [9.17, 15) is 18.4 Å². The van der Waals surface area contributed by atoms with Gasteiger partial charge in [-0.3, -0.25) is 14.0 Å². The number of alkyl halides is 1. The van der Waals surface area contributed by atoms with Gasteiger partial charge in [0.25, 0.3) is 0 Å². The maximum absolute atomic E-state index is 13.2. The van der Waals surface area contributed by atoms with Gasteiger partial charge in [-0.2, -0.15) is 0 Å². The van der Waals surface area contributed by atoms with E-state index in [1.54, 1.807) is 6.07 Å². The number of amides is 2. The Hall–Kier alpha value is -1.98. The second-order valence-electron chi connectivity index (χ2n) is 8.15. The molecule has 2 heterocycles. The Morgan fingerprint density at radius 2 is 1.96 bits per heavy atom. The second kappa shape index (κ2) is 6.63. The zero-order chi connectivity index (χ0) is 18.3. The predicted molar refractivity (Wildman–Crippen MR) is 92.5 cm³/mol. The molecule has 3 fully saturated rings. The van der Waals surface area contributed by atoms with E-state index in [1.165, 1.54) is 12.1 Å². The fourth-order valence-corrected chi connectivity index (χ4v) is 4.38. The molecule has 1 aromatic rings. The molecule has 0 bridgehead atoms. The van der Waals surface area contributed by atoms with Crippen molar-refractivity contribution in [1.29, 1.82) is 0 Å². The molecular weight excluding hydrogens is 338 g/mol. The predicted octanol–water partition coefficient (Wildman–Crippen LogP) is 2.42. The van der Waals surface area contributed by atoms with Crippen molar-refractivity contribution in [2.24, 2.45) is 17.3 Å². The van der Waals surface area contributed by atoms with Crippen LogP contribution in [-0.4, -0.2) is 54.5 Å². The van der Waals surface area contributed by atoms with E-state index in [2.05, 4.69) is 0 Å². The molecule has 1 saturated carbocycles. The SMILES string of the molecule is O=C(CCc1cccc(F)c1)N1CCC2(C1)CN(C(=O)[C@H]1C[C@H]1CF)C2. The van der Waals surface area contributed by atoms with E-state index in [4.69, 9.17) is 0 Å². The monoisotopic (exact) mass is 362 g/mol. The first-order valence-electron chi connectivity index (χ1n) is 9.37. The normalized spacial score (nSPS) is 26.1. The average molecular weight is 362 g/mol. The zero-order valence-corrected chi connectivity index (χ0v) is 14.8. The molecule has 26 heavy (non-hydrogen) atoms. The van der Waals surface area contributed by atoms with Crippen molar-refractivity contribution in [3.63, 3.8) is 0 Å². The van der Waals surface area contributed by atoms with Gasteiger partial charge in [0.1, 0.15) is 5.82 Å². The summed E-state index contributed by atoms with van der Waals surface area (Å²) in [6, 6.07) is 6.36. The lowest BCUT2D eigenvalue weighted by Crippen LogP contribution is -2.60. The summed E-state index contributed by atoms with van der Waals surface area (Å²) in [6.45, 7) is 2.39. The van der Waals surface area contributed by atoms with Gasteiger partial charge in [-0.15, -0.1) is 0 Å². The van der Waals surface area contributed by atoms with Gasteiger partial charge in [0.15, 0.2) is 0 Å². The topological polar surface area (TPSA) is 40.6 Å². The van der Waals surface area contributed by atoms with Crippen LogP contribution in [0.2, 0.25) is 0 Å². The molecule has 6 heteroatoms. The van der Waals surface area contributed by atoms with Crippen LogP contribution in [0.4, 0.5) is 8.78 Å². The number of halogens is 2. The lowest BCUT2D eigenvalue weighted by atomic mass is 9.79. The Labute approximate surface area is 152 Å². The molecule has 0 radical (unpaired) electrons. The quantitative estimate of drug-likeness (QED) is 0.807. The first-order chi connectivity index (χ1) is 12.5. The Morgan fingerprint density at radius 1 is 1.19 bits per heavy atom. The molecule has 2 amide bonds. The molecule has 2 atom stereocenters. The maximum Gasteiger partial charge on any atom is 0.226 e. The highest BCUT2D eigenvalue weighted by atomic mass is 19.1. The van der Waals surface area contributed by atoms with E-state index in [1.807, 2.05) is 15.9 Å². The summed E-state index contributed by atoms with van der Waals surface area (Å²) >= 11 is 0. The van der Waals surface area contributed by atoms with Crippen LogP contribution in [0, 0.1) is 23.1 Å². The summed E-state index contributed by atoms with van der Waals surface area (Å²) in [4.78, 5) is 28.4. The highest BCUT2D eigenvalue weighted by Gasteiger charge is 2.54. The Kier molecular flexibility index (Phi) is 4.45. The van der Waals surface area contributed by atoms with Crippen LogP contribution in [0.5, 0.6) is 0 Å². The summed E-state index contributed by atoms with van der Waals surface area (Å²) in [5, 5.41) is 0. The molecule has 3 aliphatic rings. The number of benzene rings is 1. The van der Waals surface area contributed by atoms with Crippen molar-refractivity contribution >= 4 is 11.8 Å². The van der Waals surface area contributed by atoms with E-state index in [0.717, 1.165) is 18.5 Å². The summed E-state index contributed by atoms with van der Waals surface area (Å²) in [7, 11) is 0. The van der Waals surface area contributed by atoms with Gasteiger partial charge < -0.3 is 9.80 Å². The third-order valence-electron chi connectivity index (χ3n) is 6.11. The zero-order valence-electron chi connectivity index (χ0n) is 14.8. The van der Waals surface area contributed by atoms with Crippen LogP contribution in [-0.2, 0) is 16.0 Å². The average Bonchev–Trinajstić information content (AvgIpc) is 3.26. The van der Waals surface area contributed by atoms with Gasteiger partial charge in [-0.05, 0) is 42.9 Å². The fourth-order valence-electron chi connectivity index (χ4n) is 4.38. The largest absolute Gasteiger partial charge is 0.342 e. The minimum atomic E-state index is -0.400. The summed E-state index contributed by atoms with van der Waals surface area (Å²) in [5.74, 6) is -0.268. The van der Waals surface area contributed by atoms with Crippen molar-refractivity contribution in [3.05, 3.63) is 35.6 Å². The fraction of sp³-hybridized carbons (Fsp3) is 0.600. The van der Waals surface area contributed by atoms with E-state index >= 15 is 0 Å². The van der Waals surface area contributed by atoms with Crippen LogP contribution in [0.3, 0.4) is 0 Å².